The number of hydrogen-bond acceptors (Lipinski definition) is 5. The van der Waals surface area contributed by atoms with Gasteiger partial charge in [0.15, 0.2) is 5.76 Å². The molecule has 0 aromatic carbocycles. The molecule has 1 aliphatic heterocycles. The molecule has 24 heavy (non-hydrogen) atoms. The first-order valence-electron chi connectivity index (χ1n) is 8.01. The average molecular weight is 347 g/mol. The zero-order valence-corrected chi connectivity index (χ0v) is 14.4. The van der Waals surface area contributed by atoms with Gasteiger partial charge in [-0.25, -0.2) is 0 Å². The fraction of sp³-hybridized carbons (Fsp3) is 0.412. The van der Waals surface area contributed by atoms with Crippen molar-refractivity contribution in [2.75, 3.05) is 26.2 Å². The smallest absolute Gasteiger partial charge is 0.287 e. The van der Waals surface area contributed by atoms with Crippen LogP contribution >= 0.6 is 11.3 Å². The Hall–Kier alpha value is -2.12. The van der Waals surface area contributed by atoms with Gasteiger partial charge in [-0.3, -0.25) is 14.5 Å². The molecule has 2 amide bonds. The van der Waals surface area contributed by atoms with Crippen LogP contribution in [-0.4, -0.2) is 53.8 Å². The van der Waals surface area contributed by atoms with Crippen LogP contribution in [0.15, 0.2) is 40.3 Å². The van der Waals surface area contributed by atoms with Gasteiger partial charge in [0.05, 0.1) is 6.26 Å². The third-order valence-electron chi connectivity index (χ3n) is 4.11. The van der Waals surface area contributed by atoms with Gasteiger partial charge in [-0.05, 0) is 30.5 Å². The minimum absolute atomic E-state index is 0.0503. The maximum Gasteiger partial charge on any atom is 0.287 e. The van der Waals surface area contributed by atoms with Crippen molar-refractivity contribution >= 4 is 23.2 Å². The van der Waals surface area contributed by atoms with E-state index in [2.05, 4.69) is 27.7 Å². The summed E-state index contributed by atoms with van der Waals surface area (Å²) in [7, 11) is 0. The van der Waals surface area contributed by atoms with E-state index in [1.807, 2.05) is 4.90 Å². The number of rotatable bonds is 5. The van der Waals surface area contributed by atoms with Crippen LogP contribution in [0.25, 0.3) is 0 Å². The van der Waals surface area contributed by atoms with E-state index in [1.54, 1.807) is 30.4 Å². The number of nitrogens with zero attached hydrogens (tertiary/aromatic N) is 2. The standard InChI is InChI=1S/C17H21N3O3S/c1-13(18-16(21)15-5-2-10-23-15)17(22)20-8-6-19(7-9-20)12-14-4-3-11-24-14/h2-5,10-11,13H,6-9,12H2,1H3,(H,18,21)/t13-/m1/s1. The monoisotopic (exact) mass is 347 g/mol. The largest absolute Gasteiger partial charge is 0.459 e. The minimum Gasteiger partial charge on any atom is -0.459 e. The Kier molecular flexibility index (Phi) is 5.32. The Morgan fingerprint density at radius 2 is 2.04 bits per heavy atom. The molecule has 0 spiro atoms. The zero-order valence-electron chi connectivity index (χ0n) is 13.6. The Balaban J connectivity index is 1.46. The van der Waals surface area contributed by atoms with Crippen LogP contribution < -0.4 is 5.32 Å². The van der Waals surface area contributed by atoms with E-state index in [0.29, 0.717) is 13.1 Å². The van der Waals surface area contributed by atoms with Gasteiger partial charge >= 0.3 is 0 Å². The molecule has 0 bridgehead atoms. The Morgan fingerprint density at radius 1 is 1.25 bits per heavy atom. The molecule has 3 heterocycles. The molecule has 2 aromatic rings. The number of thiophene rings is 1. The number of piperazine rings is 1. The Bertz CT molecular complexity index is 661. The van der Waals surface area contributed by atoms with Crippen molar-refractivity contribution in [1.82, 2.24) is 15.1 Å². The van der Waals surface area contributed by atoms with E-state index in [0.717, 1.165) is 19.6 Å². The summed E-state index contributed by atoms with van der Waals surface area (Å²) in [4.78, 5) is 29.9. The molecule has 0 aliphatic carbocycles. The van der Waals surface area contributed by atoms with Gasteiger partial charge in [0, 0.05) is 37.6 Å². The summed E-state index contributed by atoms with van der Waals surface area (Å²) in [5.74, 6) is -0.196. The van der Waals surface area contributed by atoms with Gasteiger partial charge in [0.1, 0.15) is 6.04 Å². The van der Waals surface area contributed by atoms with E-state index in [9.17, 15) is 9.59 Å². The van der Waals surface area contributed by atoms with Crippen LogP contribution in [0.4, 0.5) is 0 Å². The lowest BCUT2D eigenvalue weighted by molar-refractivity contribution is -0.134. The van der Waals surface area contributed by atoms with Gasteiger partial charge in [-0.1, -0.05) is 6.07 Å². The van der Waals surface area contributed by atoms with Gasteiger partial charge in [-0.2, -0.15) is 0 Å². The van der Waals surface area contributed by atoms with E-state index in [1.165, 1.54) is 11.1 Å². The van der Waals surface area contributed by atoms with E-state index in [-0.39, 0.29) is 17.6 Å². The fourth-order valence-electron chi connectivity index (χ4n) is 2.76. The average Bonchev–Trinajstić information content (AvgIpc) is 3.28. The highest BCUT2D eigenvalue weighted by molar-refractivity contribution is 7.09. The van der Waals surface area contributed by atoms with Crippen molar-refractivity contribution in [2.24, 2.45) is 0 Å². The molecular formula is C17H21N3O3S. The summed E-state index contributed by atoms with van der Waals surface area (Å²) in [5.41, 5.74) is 0. The molecule has 7 heteroatoms. The predicted octanol–water partition coefficient (Wildman–Crippen LogP) is 1.80. The van der Waals surface area contributed by atoms with Crippen LogP contribution in [0.1, 0.15) is 22.4 Å². The molecule has 0 radical (unpaired) electrons. The molecule has 1 atom stereocenters. The number of carbonyl (C=O) groups is 2. The van der Waals surface area contributed by atoms with Crippen molar-refractivity contribution < 1.29 is 14.0 Å². The first-order chi connectivity index (χ1) is 11.6. The number of hydrogen-bond donors (Lipinski definition) is 1. The van der Waals surface area contributed by atoms with Gasteiger partial charge < -0.3 is 14.6 Å². The number of furan rings is 1. The van der Waals surface area contributed by atoms with Crippen LogP contribution in [0.3, 0.4) is 0 Å². The summed E-state index contributed by atoms with van der Waals surface area (Å²) in [6.45, 7) is 5.72. The molecule has 1 fully saturated rings. The van der Waals surface area contributed by atoms with Crippen LogP contribution in [0, 0.1) is 0 Å². The highest BCUT2D eigenvalue weighted by atomic mass is 32.1. The third kappa shape index (κ3) is 4.04. The summed E-state index contributed by atoms with van der Waals surface area (Å²) in [6, 6.07) is 6.85. The highest BCUT2D eigenvalue weighted by Crippen LogP contribution is 2.14. The van der Waals surface area contributed by atoms with Crippen molar-refractivity contribution in [3.05, 3.63) is 46.5 Å². The quantitative estimate of drug-likeness (QED) is 0.896. The topological polar surface area (TPSA) is 65.8 Å². The SMILES string of the molecule is C[C@@H](NC(=O)c1ccco1)C(=O)N1CCN(Cc2cccs2)CC1. The molecular weight excluding hydrogens is 326 g/mol. The van der Waals surface area contributed by atoms with E-state index in [4.69, 9.17) is 4.42 Å². The van der Waals surface area contributed by atoms with Crippen molar-refractivity contribution in [3.63, 3.8) is 0 Å². The van der Waals surface area contributed by atoms with Gasteiger partial charge in [0.2, 0.25) is 5.91 Å². The maximum atomic E-state index is 12.5. The molecule has 1 N–H and O–H groups in total. The maximum absolute atomic E-state index is 12.5. The normalized spacial score (nSPS) is 16.8. The van der Waals surface area contributed by atoms with Crippen LogP contribution in [-0.2, 0) is 11.3 Å². The summed E-state index contributed by atoms with van der Waals surface area (Å²) in [5, 5.41) is 4.77. The summed E-state index contributed by atoms with van der Waals surface area (Å²) < 4.78 is 5.04. The predicted molar refractivity (Wildman–Crippen MR) is 91.8 cm³/mol. The molecule has 3 rings (SSSR count). The molecule has 0 saturated carbocycles. The van der Waals surface area contributed by atoms with E-state index < -0.39 is 6.04 Å². The molecule has 128 valence electrons. The Morgan fingerprint density at radius 3 is 2.67 bits per heavy atom. The second-order valence-electron chi connectivity index (χ2n) is 5.85. The molecule has 0 unspecified atom stereocenters. The molecule has 6 nitrogen and oxygen atoms in total. The van der Waals surface area contributed by atoms with Crippen LogP contribution in [0.2, 0.25) is 0 Å². The number of carbonyl (C=O) groups excluding carboxylic acids is 2. The molecule has 1 aliphatic rings. The molecule has 1 saturated heterocycles. The Labute approximate surface area is 145 Å². The van der Waals surface area contributed by atoms with E-state index >= 15 is 0 Å². The lowest BCUT2D eigenvalue weighted by atomic mass is 10.2. The number of amides is 2. The third-order valence-corrected chi connectivity index (χ3v) is 4.97. The van der Waals surface area contributed by atoms with Gasteiger partial charge in [0.25, 0.3) is 5.91 Å². The lowest BCUT2D eigenvalue weighted by Crippen LogP contribution is -2.53. The first kappa shape index (κ1) is 16.7. The summed E-state index contributed by atoms with van der Waals surface area (Å²) in [6.07, 6.45) is 1.44. The summed E-state index contributed by atoms with van der Waals surface area (Å²) >= 11 is 1.76. The number of nitrogens with one attached hydrogen (secondary N) is 1. The van der Waals surface area contributed by atoms with Crippen molar-refractivity contribution in [3.8, 4) is 0 Å². The van der Waals surface area contributed by atoms with Crippen LogP contribution in [0.5, 0.6) is 0 Å². The van der Waals surface area contributed by atoms with Crippen molar-refractivity contribution in [2.45, 2.75) is 19.5 Å². The zero-order chi connectivity index (χ0) is 16.9. The fourth-order valence-corrected chi connectivity index (χ4v) is 3.51. The second-order valence-corrected chi connectivity index (χ2v) is 6.89. The van der Waals surface area contributed by atoms with Gasteiger partial charge in [-0.15, -0.1) is 11.3 Å². The minimum atomic E-state index is -0.563. The first-order valence-corrected chi connectivity index (χ1v) is 8.89. The molecule has 2 aromatic heterocycles. The highest BCUT2D eigenvalue weighted by Gasteiger charge is 2.26. The lowest BCUT2D eigenvalue weighted by Gasteiger charge is -2.35. The second kappa shape index (κ2) is 7.63. The van der Waals surface area contributed by atoms with Crippen molar-refractivity contribution in [1.29, 1.82) is 0 Å².